The highest BCUT2D eigenvalue weighted by Gasteiger charge is 2.21. The van der Waals surface area contributed by atoms with Gasteiger partial charge >= 0.3 is 0 Å². The molecule has 0 unspecified atom stereocenters. The maximum absolute atomic E-state index is 12.0. The zero-order chi connectivity index (χ0) is 15.9. The molecule has 0 spiro atoms. The maximum Gasteiger partial charge on any atom is 0.224 e. The normalized spacial score (nSPS) is 14.4. The zero-order valence-electron chi connectivity index (χ0n) is 14.1. The van der Waals surface area contributed by atoms with E-state index in [9.17, 15) is 4.79 Å². The smallest absolute Gasteiger partial charge is 0.224 e. The first-order valence-electron chi connectivity index (χ1n) is 8.37. The third kappa shape index (κ3) is 4.82. The van der Waals surface area contributed by atoms with Crippen LogP contribution in [0.4, 0.5) is 5.69 Å². The molecule has 4 heteroatoms. The Labute approximate surface area is 134 Å². The molecule has 0 saturated carbocycles. The quantitative estimate of drug-likeness (QED) is 0.726. The Hall–Kier alpha value is -1.39. The van der Waals surface area contributed by atoms with Crippen LogP contribution in [0.2, 0.25) is 0 Å². The van der Waals surface area contributed by atoms with E-state index in [0.717, 1.165) is 44.2 Å². The Morgan fingerprint density at radius 3 is 2.86 bits per heavy atom. The largest absolute Gasteiger partial charge is 0.326 e. The van der Waals surface area contributed by atoms with Gasteiger partial charge in [-0.15, -0.1) is 0 Å². The Morgan fingerprint density at radius 1 is 1.32 bits per heavy atom. The summed E-state index contributed by atoms with van der Waals surface area (Å²) >= 11 is 0. The van der Waals surface area contributed by atoms with E-state index in [1.54, 1.807) is 0 Å². The standard InChI is InChI=1S/C18H29N3O/c1-14(2)9-11-21-12-15-6-4-7-17(16(15)13-21)20-18(22)8-5-10-19-3/h4,6-7,14,19H,5,8-13H2,1-3H3,(H,20,22). The molecule has 0 saturated heterocycles. The van der Waals surface area contributed by atoms with Gasteiger partial charge in [0, 0.05) is 25.2 Å². The van der Waals surface area contributed by atoms with Gasteiger partial charge in [0.25, 0.3) is 0 Å². The van der Waals surface area contributed by atoms with Gasteiger partial charge in [-0.25, -0.2) is 0 Å². The van der Waals surface area contributed by atoms with Crippen LogP contribution in [0.1, 0.15) is 44.2 Å². The first-order chi connectivity index (χ1) is 10.6. The number of benzene rings is 1. The Balaban J connectivity index is 1.93. The van der Waals surface area contributed by atoms with Crippen LogP contribution in [0.25, 0.3) is 0 Å². The molecule has 1 aliphatic heterocycles. The third-order valence-corrected chi connectivity index (χ3v) is 4.18. The highest BCUT2D eigenvalue weighted by Crippen LogP contribution is 2.29. The van der Waals surface area contributed by atoms with Crippen molar-refractivity contribution in [3.63, 3.8) is 0 Å². The van der Waals surface area contributed by atoms with E-state index in [1.165, 1.54) is 17.5 Å². The van der Waals surface area contributed by atoms with E-state index < -0.39 is 0 Å². The van der Waals surface area contributed by atoms with Crippen molar-refractivity contribution < 1.29 is 4.79 Å². The molecule has 2 N–H and O–H groups in total. The van der Waals surface area contributed by atoms with Crippen molar-refractivity contribution in [3.8, 4) is 0 Å². The van der Waals surface area contributed by atoms with Gasteiger partial charge in [-0.05, 0) is 56.1 Å². The summed E-state index contributed by atoms with van der Waals surface area (Å²) in [5.41, 5.74) is 3.66. The number of hydrogen-bond acceptors (Lipinski definition) is 3. The number of rotatable bonds is 8. The number of carbonyl (C=O) groups is 1. The van der Waals surface area contributed by atoms with E-state index in [4.69, 9.17) is 0 Å². The second-order valence-electron chi connectivity index (χ2n) is 6.59. The number of hydrogen-bond donors (Lipinski definition) is 2. The fourth-order valence-electron chi connectivity index (χ4n) is 2.84. The van der Waals surface area contributed by atoms with Crippen molar-refractivity contribution in [2.45, 2.75) is 46.2 Å². The van der Waals surface area contributed by atoms with Crippen molar-refractivity contribution in [1.29, 1.82) is 0 Å². The summed E-state index contributed by atoms with van der Waals surface area (Å²) in [7, 11) is 1.91. The van der Waals surface area contributed by atoms with Crippen LogP contribution in [0.3, 0.4) is 0 Å². The molecule has 0 aliphatic carbocycles. The molecule has 0 fully saturated rings. The van der Waals surface area contributed by atoms with Crippen LogP contribution in [-0.4, -0.2) is 30.9 Å². The van der Waals surface area contributed by atoms with Crippen molar-refractivity contribution in [3.05, 3.63) is 29.3 Å². The molecule has 0 atom stereocenters. The molecule has 1 amide bonds. The van der Waals surface area contributed by atoms with Gasteiger partial charge in [-0.1, -0.05) is 26.0 Å². The number of nitrogens with zero attached hydrogens (tertiary/aromatic N) is 1. The van der Waals surface area contributed by atoms with Crippen molar-refractivity contribution in [2.24, 2.45) is 5.92 Å². The van der Waals surface area contributed by atoms with Crippen LogP contribution >= 0.6 is 0 Å². The summed E-state index contributed by atoms with van der Waals surface area (Å²) in [6.45, 7) is 8.49. The molecule has 0 radical (unpaired) electrons. The van der Waals surface area contributed by atoms with Crippen molar-refractivity contribution >= 4 is 11.6 Å². The highest BCUT2D eigenvalue weighted by molar-refractivity contribution is 5.91. The average molecular weight is 303 g/mol. The van der Waals surface area contributed by atoms with Gasteiger partial charge in [0.1, 0.15) is 0 Å². The summed E-state index contributed by atoms with van der Waals surface area (Å²) in [5, 5.41) is 6.16. The fraction of sp³-hybridized carbons (Fsp3) is 0.611. The Morgan fingerprint density at radius 2 is 2.14 bits per heavy atom. The number of carbonyl (C=O) groups excluding carboxylic acids is 1. The first-order valence-corrected chi connectivity index (χ1v) is 8.37. The van der Waals surface area contributed by atoms with E-state index in [2.05, 4.69) is 35.4 Å². The molecule has 122 valence electrons. The van der Waals surface area contributed by atoms with E-state index in [0.29, 0.717) is 6.42 Å². The van der Waals surface area contributed by atoms with Gasteiger partial charge < -0.3 is 10.6 Å². The number of anilines is 1. The van der Waals surface area contributed by atoms with Crippen LogP contribution in [0.15, 0.2) is 18.2 Å². The Bertz CT molecular complexity index is 499. The van der Waals surface area contributed by atoms with Gasteiger partial charge in [-0.3, -0.25) is 9.69 Å². The van der Waals surface area contributed by atoms with E-state index in [-0.39, 0.29) is 5.91 Å². The van der Waals surface area contributed by atoms with Gasteiger partial charge in [-0.2, -0.15) is 0 Å². The lowest BCUT2D eigenvalue weighted by molar-refractivity contribution is -0.116. The van der Waals surface area contributed by atoms with E-state index in [1.807, 2.05) is 19.2 Å². The summed E-state index contributed by atoms with van der Waals surface area (Å²) in [6.07, 6.45) is 2.67. The van der Waals surface area contributed by atoms with Crippen LogP contribution < -0.4 is 10.6 Å². The summed E-state index contributed by atoms with van der Waals surface area (Å²) in [6, 6.07) is 6.26. The van der Waals surface area contributed by atoms with Gasteiger partial charge in [0.15, 0.2) is 0 Å². The Kier molecular flexibility index (Phi) is 6.40. The van der Waals surface area contributed by atoms with Gasteiger partial charge in [0.05, 0.1) is 0 Å². The summed E-state index contributed by atoms with van der Waals surface area (Å²) in [4.78, 5) is 14.5. The molecule has 4 nitrogen and oxygen atoms in total. The minimum Gasteiger partial charge on any atom is -0.326 e. The van der Waals surface area contributed by atoms with Crippen LogP contribution in [0, 0.1) is 5.92 Å². The molecule has 22 heavy (non-hydrogen) atoms. The highest BCUT2D eigenvalue weighted by atomic mass is 16.1. The molecule has 1 aromatic carbocycles. The van der Waals surface area contributed by atoms with Crippen molar-refractivity contribution in [1.82, 2.24) is 10.2 Å². The molecule has 1 aromatic rings. The molecule has 1 heterocycles. The lowest BCUT2D eigenvalue weighted by atomic mass is 10.1. The second-order valence-corrected chi connectivity index (χ2v) is 6.59. The minimum absolute atomic E-state index is 0.115. The molecule has 0 aromatic heterocycles. The zero-order valence-corrected chi connectivity index (χ0v) is 14.1. The molecule has 0 bridgehead atoms. The topological polar surface area (TPSA) is 44.4 Å². The molecule has 1 aliphatic rings. The number of amides is 1. The molecular weight excluding hydrogens is 274 g/mol. The van der Waals surface area contributed by atoms with Gasteiger partial charge in [0.2, 0.25) is 5.91 Å². The maximum atomic E-state index is 12.0. The first kappa shape index (κ1) is 17.0. The predicted molar refractivity (Wildman–Crippen MR) is 91.8 cm³/mol. The summed E-state index contributed by atoms with van der Waals surface area (Å²) in [5.74, 6) is 0.847. The summed E-state index contributed by atoms with van der Waals surface area (Å²) < 4.78 is 0. The third-order valence-electron chi connectivity index (χ3n) is 4.18. The number of fused-ring (bicyclic) bond motifs is 1. The number of nitrogens with one attached hydrogen (secondary N) is 2. The lowest BCUT2D eigenvalue weighted by Gasteiger charge is -2.16. The SMILES string of the molecule is CNCCCC(=O)Nc1cccc2c1CN(CCC(C)C)C2. The minimum atomic E-state index is 0.115. The van der Waals surface area contributed by atoms with Crippen LogP contribution in [-0.2, 0) is 17.9 Å². The predicted octanol–water partition coefficient (Wildman–Crippen LogP) is 2.99. The molecule has 2 rings (SSSR count). The van der Waals surface area contributed by atoms with E-state index >= 15 is 0 Å². The van der Waals surface area contributed by atoms with Crippen LogP contribution in [0.5, 0.6) is 0 Å². The fourth-order valence-corrected chi connectivity index (χ4v) is 2.84. The second kappa shape index (κ2) is 8.30. The van der Waals surface area contributed by atoms with Crippen molar-refractivity contribution in [2.75, 3.05) is 25.5 Å². The molecular formula is C18H29N3O. The monoisotopic (exact) mass is 303 g/mol. The average Bonchev–Trinajstić information content (AvgIpc) is 2.89. The lowest BCUT2D eigenvalue weighted by Crippen LogP contribution is -2.19.